The van der Waals surface area contributed by atoms with E-state index < -0.39 is 40.3 Å². The third kappa shape index (κ3) is 5.45. The minimum absolute atomic E-state index is 0.341. The Kier molecular flexibility index (Phi) is 6.19. The van der Waals surface area contributed by atoms with E-state index in [1.54, 1.807) is 0 Å². The molecule has 0 N–H and O–H groups in total. The largest absolute Gasteiger partial charge is 0.467 e. The molecular formula is C12H10ClF6NO2S. The Morgan fingerprint density at radius 1 is 1.26 bits per heavy atom. The smallest absolute Gasteiger partial charge is 0.417 e. The average Bonchev–Trinajstić information content (AvgIpc) is 2.44. The van der Waals surface area contributed by atoms with Crippen LogP contribution in [0.3, 0.4) is 0 Å². The van der Waals surface area contributed by atoms with Crippen molar-refractivity contribution in [1.29, 1.82) is 0 Å². The number of thioether (sulfide) groups is 1. The monoisotopic (exact) mass is 381 g/mol. The number of pyridine rings is 1. The van der Waals surface area contributed by atoms with E-state index in [9.17, 15) is 31.1 Å². The molecule has 0 amide bonds. The van der Waals surface area contributed by atoms with Gasteiger partial charge in [0.1, 0.15) is 0 Å². The highest BCUT2D eigenvalue weighted by Crippen LogP contribution is 2.43. The number of carbonyl (C=O) groups excluding carboxylic acids is 1. The van der Waals surface area contributed by atoms with Gasteiger partial charge in [-0.05, 0) is 12.1 Å². The number of rotatable bonds is 5. The second-order valence-corrected chi connectivity index (χ2v) is 6.33. The Bertz CT molecular complexity index is 548. The molecule has 1 aromatic heterocycles. The van der Waals surface area contributed by atoms with Gasteiger partial charge in [-0.3, -0.25) is 4.98 Å². The lowest BCUT2D eigenvalue weighted by Gasteiger charge is -2.23. The molecule has 1 rings (SSSR count). The van der Waals surface area contributed by atoms with E-state index in [-0.39, 0.29) is 5.69 Å². The maximum absolute atomic E-state index is 12.5. The maximum Gasteiger partial charge on any atom is 0.417 e. The molecule has 0 radical (unpaired) electrons. The zero-order chi connectivity index (χ0) is 17.9. The molecule has 0 bridgehead atoms. The molecule has 0 aliphatic heterocycles. The Balaban J connectivity index is 3.04. The Morgan fingerprint density at radius 2 is 1.87 bits per heavy atom. The third-order valence-corrected chi connectivity index (χ3v) is 4.41. The van der Waals surface area contributed by atoms with Gasteiger partial charge in [0.15, 0.2) is 0 Å². The lowest BCUT2D eigenvalue weighted by molar-refractivity contribution is -0.141. The van der Waals surface area contributed by atoms with E-state index in [4.69, 9.17) is 11.6 Å². The van der Waals surface area contributed by atoms with Crippen LogP contribution in [0.2, 0.25) is 0 Å². The first-order valence-corrected chi connectivity index (χ1v) is 7.28. The predicted molar refractivity (Wildman–Crippen MR) is 71.9 cm³/mol. The topological polar surface area (TPSA) is 39.2 Å². The number of esters is 1. The standard InChI is InChI=1S/C12H10ClF6NO2S/c1-22-9(21)11(13,23-5-4-10(14,15)16)8-3-2-7(6-20-8)12(17,18)19/h2-3,6H,4-5H2,1H3. The molecule has 23 heavy (non-hydrogen) atoms. The molecule has 1 heterocycles. The highest BCUT2D eigenvalue weighted by molar-refractivity contribution is 8.02. The summed E-state index contributed by atoms with van der Waals surface area (Å²) in [5.41, 5.74) is -1.42. The summed E-state index contributed by atoms with van der Waals surface area (Å²) in [5, 5.41) is 0. The molecule has 0 saturated carbocycles. The van der Waals surface area contributed by atoms with Crippen molar-refractivity contribution >= 4 is 29.3 Å². The fourth-order valence-corrected chi connectivity index (χ4v) is 2.93. The van der Waals surface area contributed by atoms with E-state index in [1.807, 2.05) is 0 Å². The summed E-state index contributed by atoms with van der Waals surface area (Å²) < 4.78 is 76.3. The van der Waals surface area contributed by atoms with Crippen molar-refractivity contribution in [2.75, 3.05) is 12.9 Å². The van der Waals surface area contributed by atoms with Crippen LogP contribution in [0, 0.1) is 0 Å². The molecule has 0 saturated heterocycles. The number of hydrogen-bond acceptors (Lipinski definition) is 4. The fourth-order valence-electron chi connectivity index (χ4n) is 1.43. The number of aromatic nitrogens is 1. The van der Waals surface area contributed by atoms with Gasteiger partial charge >= 0.3 is 18.3 Å². The van der Waals surface area contributed by atoms with Gasteiger partial charge in [0.05, 0.1) is 24.8 Å². The molecule has 0 spiro atoms. The summed E-state index contributed by atoms with van der Waals surface area (Å²) in [6.45, 7) is 0. The van der Waals surface area contributed by atoms with Crippen LogP contribution in [-0.2, 0) is 19.9 Å². The molecule has 1 unspecified atom stereocenters. The van der Waals surface area contributed by atoms with Gasteiger partial charge in [-0.25, -0.2) is 4.79 Å². The molecule has 11 heteroatoms. The van der Waals surface area contributed by atoms with Gasteiger partial charge in [-0.1, -0.05) is 11.6 Å². The molecule has 1 aromatic rings. The number of nitrogens with zero attached hydrogens (tertiary/aromatic N) is 1. The Labute approximate surface area is 136 Å². The first-order chi connectivity index (χ1) is 10.4. The van der Waals surface area contributed by atoms with Crippen LogP contribution < -0.4 is 0 Å². The summed E-state index contributed by atoms with van der Waals surface area (Å²) in [6, 6.07) is 1.46. The lowest BCUT2D eigenvalue weighted by atomic mass is 10.2. The molecule has 0 aliphatic rings. The normalized spacial score (nSPS) is 15.1. The van der Waals surface area contributed by atoms with Crippen LogP contribution in [0.1, 0.15) is 17.7 Å². The van der Waals surface area contributed by atoms with E-state index in [1.165, 1.54) is 0 Å². The quantitative estimate of drug-likeness (QED) is 0.432. The second-order valence-electron chi connectivity index (χ2n) is 4.23. The third-order valence-electron chi connectivity index (χ3n) is 2.55. The number of carbonyl (C=O) groups is 1. The SMILES string of the molecule is COC(=O)C(Cl)(SCCC(F)(F)F)c1ccc(C(F)(F)F)cn1. The van der Waals surface area contributed by atoms with Gasteiger partial charge in [-0.15, -0.1) is 11.8 Å². The minimum Gasteiger partial charge on any atom is -0.467 e. The second kappa shape index (κ2) is 7.16. The van der Waals surface area contributed by atoms with E-state index in [0.29, 0.717) is 24.0 Å². The number of hydrogen-bond donors (Lipinski definition) is 0. The van der Waals surface area contributed by atoms with Crippen LogP contribution in [0.15, 0.2) is 18.3 Å². The van der Waals surface area contributed by atoms with Crippen molar-refractivity contribution < 1.29 is 35.9 Å². The molecular weight excluding hydrogens is 372 g/mol. The summed E-state index contributed by atoms with van der Waals surface area (Å²) in [6.07, 6.45) is -9.90. The van der Waals surface area contributed by atoms with Crippen molar-refractivity contribution in [1.82, 2.24) is 4.98 Å². The zero-order valence-corrected chi connectivity index (χ0v) is 13.0. The van der Waals surface area contributed by atoms with E-state index >= 15 is 0 Å². The number of ether oxygens (including phenoxy) is 1. The van der Waals surface area contributed by atoms with Crippen molar-refractivity contribution in [2.45, 2.75) is 23.0 Å². The molecule has 0 fully saturated rings. The zero-order valence-electron chi connectivity index (χ0n) is 11.5. The Hall–Kier alpha value is -1.16. The summed E-state index contributed by atoms with van der Waals surface area (Å²) >= 11 is 6.37. The molecule has 130 valence electrons. The minimum atomic E-state index is -4.64. The van der Waals surface area contributed by atoms with Gasteiger partial charge < -0.3 is 4.74 Å². The fraction of sp³-hybridized carbons (Fsp3) is 0.500. The molecule has 3 nitrogen and oxygen atoms in total. The number of halogens is 7. The van der Waals surface area contributed by atoms with Crippen LogP contribution in [0.25, 0.3) is 0 Å². The highest BCUT2D eigenvalue weighted by Gasteiger charge is 2.43. The van der Waals surface area contributed by atoms with Gasteiger partial charge in [-0.2, -0.15) is 26.3 Å². The summed E-state index contributed by atoms with van der Waals surface area (Å²) in [4.78, 5) is 15.2. The van der Waals surface area contributed by atoms with E-state index in [0.717, 1.165) is 13.2 Å². The van der Waals surface area contributed by atoms with Crippen LogP contribution in [-0.4, -0.2) is 30.0 Å². The van der Waals surface area contributed by atoms with Gasteiger partial charge in [0.2, 0.25) is 4.21 Å². The van der Waals surface area contributed by atoms with Crippen molar-refractivity contribution in [3.8, 4) is 0 Å². The van der Waals surface area contributed by atoms with Crippen LogP contribution in [0.4, 0.5) is 26.3 Å². The first kappa shape index (κ1) is 19.9. The molecule has 0 aliphatic carbocycles. The first-order valence-electron chi connectivity index (χ1n) is 5.92. The van der Waals surface area contributed by atoms with Gasteiger partial charge in [0.25, 0.3) is 0 Å². The van der Waals surface area contributed by atoms with Crippen molar-refractivity contribution in [3.05, 3.63) is 29.6 Å². The summed E-state index contributed by atoms with van der Waals surface area (Å²) in [7, 11) is 0.952. The van der Waals surface area contributed by atoms with Gasteiger partial charge in [0, 0.05) is 11.9 Å². The predicted octanol–water partition coefficient (Wildman–Crippen LogP) is 4.35. The molecule has 0 aromatic carbocycles. The van der Waals surface area contributed by atoms with Crippen LogP contribution in [0.5, 0.6) is 0 Å². The highest BCUT2D eigenvalue weighted by atomic mass is 35.5. The van der Waals surface area contributed by atoms with Crippen molar-refractivity contribution in [3.63, 3.8) is 0 Å². The van der Waals surface area contributed by atoms with E-state index in [2.05, 4.69) is 9.72 Å². The van der Waals surface area contributed by atoms with Crippen molar-refractivity contribution in [2.24, 2.45) is 0 Å². The van der Waals surface area contributed by atoms with Crippen LogP contribution >= 0.6 is 23.4 Å². The number of alkyl halides is 7. The summed E-state index contributed by atoms with van der Waals surface area (Å²) in [5.74, 6) is -1.72. The lowest BCUT2D eigenvalue weighted by Crippen LogP contribution is -2.30. The number of methoxy groups -OCH3 is 1. The molecule has 1 atom stereocenters. The average molecular weight is 382 g/mol. The Morgan fingerprint density at radius 3 is 2.26 bits per heavy atom. The maximum atomic E-state index is 12.5.